The number of amides is 1. The third-order valence-electron chi connectivity index (χ3n) is 2.97. The third kappa shape index (κ3) is 5.16. The predicted octanol–water partition coefficient (Wildman–Crippen LogP) is 3.26. The Morgan fingerprint density at radius 3 is 2.91 bits per heavy atom. The number of aromatic nitrogens is 1. The first-order valence-electron chi connectivity index (χ1n) is 7.01. The molecule has 2 N–H and O–H groups in total. The average Bonchev–Trinajstić information content (AvgIpc) is 2.44. The molecule has 0 saturated heterocycles. The van der Waals surface area contributed by atoms with E-state index in [1.54, 1.807) is 31.8 Å². The van der Waals surface area contributed by atoms with Crippen LogP contribution in [0.3, 0.4) is 0 Å². The van der Waals surface area contributed by atoms with E-state index in [9.17, 15) is 9.90 Å². The molecule has 1 aromatic heterocycles. The van der Waals surface area contributed by atoms with Gasteiger partial charge < -0.3 is 10.4 Å². The summed E-state index contributed by atoms with van der Waals surface area (Å²) < 4.78 is 0. The maximum absolute atomic E-state index is 11.7. The van der Waals surface area contributed by atoms with Crippen LogP contribution in [-0.4, -0.2) is 33.9 Å². The van der Waals surface area contributed by atoms with E-state index >= 15 is 0 Å². The number of nitrogens with zero attached hydrogens (tertiary/aromatic N) is 1. The number of fused-ring (bicyclic) bond motifs is 1. The summed E-state index contributed by atoms with van der Waals surface area (Å²) in [6, 6.07) is 7.56. The monoisotopic (exact) mass is 338 g/mol. The first-order valence-corrected chi connectivity index (χ1v) is 8.38. The van der Waals surface area contributed by atoms with E-state index in [1.165, 1.54) is 0 Å². The van der Waals surface area contributed by atoms with Crippen molar-refractivity contribution in [2.75, 3.05) is 12.3 Å². The number of nitrogens with one attached hydrogen (secondary N) is 1. The van der Waals surface area contributed by atoms with Crippen LogP contribution in [0.5, 0.6) is 0 Å². The largest absolute Gasteiger partial charge is 0.389 e. The van der Waals surface area contributed by atoms with Crippen molar-refractivity contribution in [3.05, 3.63) is 35.5 Å². The predicted molar refractivity (Wildman–Crippen MR) is 91.4 cm³/mol. The smallest absolute Gasteiger partial charge is 0.220 e. The molecule has 0 bridgehead atoms. The normalized spacial score (nSPS) is 11.6. The number of carbonyl (C=O) groups excluding carboxylic acids is 1. The van der Waals surface area contributed by atoms with Crippen LogP contribution in [0, 0.1) is 0 Å². The Kier molecular flexibility index (Phi) is 5.67. The van der Waals surface area contributed by atoms with Crippen LogP contribution >= 0.6 is 23.4 Å². The molecule has 1 amide bonds. The molecule has 22 heavy (non-hydrogen) atoms. The Morgan fingerprint density at radius 2 is 2.18 bits per heavy atom. The molecule has 0 atom stereocenters. The zero-order valence-corrected chi connectivity index (χ0v) is 14.2. The summed E-state index contributed by atoms with van der Waals surface area (Å²) in [5, 5.41) is 14.0. The summed E-state index contributed by atoms with van der Waals surface area (Å²) in [7, 11) is 0. The number of hydrogen-bond donors (Lipinski definition) is 2. The van der Waals surface area contributed by atoms with Crippen LogP contribution in [0.25, 0.3) is 10.9 Å². The van der Waals surface area contributed by atoms with Crippen molar-refractivity contribution in [1.82, 2.24) is 10.3 Å². The van der Waals surface area contributed by atoms with Crippen LogP contribution in [0.2, 0.25) is 5.02 Å². The zero-order chi connectivity index (χ0) is 16.2. The minimum atomic E-state index is -0.886. The molecule has 6 heteroatoms. The fraction of sp³-hybridized carbons (Fsp3) is 0.375. The van der Waals surface area contributed by atoms with Gasteiger partial charge in [0.15, 0.2) is 0 Å². The number of pyridine rings is 1. The van der Waals surface area contributed by atoms with Crippen molar-refractivity contribution in [2.24, 2.45) is 0 Å². The van der Waals surface area contributed by atoms with Gasteiger partial charge in [0.05, 0.1) is 11.1 Å². The summed E-state index contributed by atoms with van der Waals surface area (Å²) in [6.45, 7) is 3.58. The zero-order valence-electron chi connectivity index (χ0n) is 12.6. The topological polar surface area (TPSA) is 62.2 Å². The maximum Gasteiger partial charge on any atom is 0.220 e. The molecule has 0 aliphatic heterocycles. The molecule has 0 saturated carbocycles. The molecule has 0 fully saturated rings. The summed E-state index contributed by atoms with van der Waals surface area (Å²) in [5.41, 5.74) is -0.0346. The second-order valence-electron chi connectivity index (χ2n) is 5.66. The molecule has 0 unspecified atom stereocenters. The lowest BCUT2D eigenvalue weighted by Crippen LogP contribution is -2.38. The molecule has 4 nitrogen and oxygen atoms in total. The minimum absolute atomic E-state index is 0.0592. The molecular weight excluding hydrogens is 320 g/mol. The van der Waals surface area contributed by atoms with Gasteiger partial charge in [0.1, 0.15) is 0 Å². The van der Waals surface area contributed by atoms with Crippen molar-refractivity contribution < 1.29 is 9.90 Å². The SMILES string of the molecule is CC(C)(O)CNC(=O)CCSc1ccnc2cc(Cl)ccc12. The van der Waals surface area contributed by atoms with Crippen molar-refractivity contribution in [1.29, 1.82) is 0 Å². The van der Waals surface area contributed by atoms with Crippen LogP contribution in [0.1, 0.15) is 20.3 Å². The van der Waals surface area contributed by atoms with Gasteiger partial charge in [-0.2, -0.15) is 0 Å². The first kappa shape index (κ1) is 17.1. The molecule has 0 spiro atoms. The molecule has 0 aliphatic rings. The molecule has 0 radical (unpaired) electrons. The summed E-state index contributed by atoms with van der Waals surface area (Å²) >= 11 is 7.58. The lowest BCUT2D eigenvalue weighted by molar-refractivity contribution is -0.121. The van der Waals surface area contributed by atoms with E-state index in [0.29, 0.717) is 17.2 Å². The minimum Gasteiger partial charge on any atom is -0.389 e. The number of halogens is 1. The number of carbonyl (C=O) groups is 1. The van der Waals surface area contributed by atoms with Gasteiger partial charge >= 0.3 is 0 Å². The van der Waals surface area contributed by atoms with Crippen molar-refractivity contribution in [3.8, 4) is 0 Å². The van der Waals surface area contributed by atoms with Gasteiger partial charge in [0.25, 0.3) is 0 Å². The lowest BCUT2D eigenvalue weighted by Gasteiger charge is -2.17. The second kappa shape index (κ2) is 7.31. The van der Waals surface area contributed by atoms with Gasteiger partial charge in [-0.05, 0) is 32.0 Å². The maximum atomic E-state index is 11.7. The summed E-state index contributed by atoms with van der Waals surface area (Å²) in [5.74, 6) is 0.607. The van der Waals surface area contributed by atoms with E-state index in [2.05, 4.69) is 10.3 Å². The van der Waals surface area contributed by atoms with Gasteiger partial charge in [0, 0.05) is 40.2 Å². The van der Waals surface area contributed by atoms with Gasteiger partial charge in [-0.25, -0.2) is 0 Å². The van der Waals surface area contributed by atoms with Crippen molar-refractivity contribution >= 4 is 40.2 Å². The average molecular weight is 339 g/mol. The van der Waals surface area contributed by atoms with Crippen LogP contribution in [0.15, 0.2) is 35.4 Å². The Bertz CT molecular complexity index is 671. The van der Waals surface area contributed by atoms with E-state index in [1.807, 2.05) is 24.3 Å². The highest BCUT2D eigenvalue weighted by atomic mass is 35.5. The van der Waals surface area contributed by atoms with Gasteiger partial charge in [-0.3, -0.25) is 9.78 Å². The molecule has 2 aromatic rings. The van der Waals surface area contributed by atoms with E-state index in [0.717, 1.165) is 15.8 Å². The number of aliphatic hydroxyl groups is 1. The van der Waals surface area contributed by atoms with Crippen molar-refractivity contribution in [3.63, 3.8) is 0 Å². The number of thioether (sulfide) groups is 1. The van der Waals surface area contributed by atoms with E-state index in [4.69, 9.17) is 11.6 Å². The quantitative estimate of drug-likeness (QED) is 0.794. The molecule has 118 valence electrons. The summed E-state index contributed by atoms with van der Waals surface area (Å²) in [4.78, 5) is 17.1. The van der Waals surface area contributed by atoms with Gasteiger partial charge in [0.2, 0.25) is 5.91 Å². The highest BCUT2D eigenvalue weighted by molar-refractivity contribution is 7.99. The van der Waals surface area contributed by atoms with Crippen LogP contribution in [-0.2, 0) is 4.79 Å². The standard InChI is InChI=1S/C16H19ClN2O2S/c1-16(2,21)10-19-15(20)6-8-22-14-5-7-18-13-9-11(17)3-4-12(13)14/h3-5,7,9,21H,6,8,10H2,1-2H3,(H,19,20). The molecular formula is C16H19ClN2O2S. The van der Waals surface area contributed by atoms with Crippen LogP contribution < -0.4 is 5.32 Å². The number of hydrogen-bond acceptors (Lipinski definition) is 4. The Hall–Kier alpha value is -1.30. The highest BCUT2D eigenvalue weighted by Crippen LogP contribution is 2.28. The Morgan fingerprint density at radius 1 is 1.41 bits per heavy atom. The fourth-order valence-electron chi connectivity index (χ4n) is 1.88. The van der Waals surface area contributed by atoms with E-state index in [-0.39, 0.29) is 12.5 Å². The summed E-state index contributed by atoms with van der Waals surface area (Å²) in [6.07, 6.45) is 2.15. The second-order valence-corrected chi connectivity index (χ2v) is 7.23. The Labute approximate surface area is 139 Å². The number of benzene rings is 1. The first-order chi connectivity index (χ1) is 10.3. The highest BCUT2D eigenvalue weighted by Gasteiger charge is 2.13. The third-order valence-corrected chi connectivity index (χ3v) is 4.28. The molecule has 1 aromatic carbocycles. The van der Waals surface area contributed by atoms with Crippen LogP contribution in [0.4, 0.5) is 0 Å². The molecule has 1 heterocycles. The van der Waals surface area contributed by atoms with Crippen molar-refractivity contribution in [2.45, 2.75) is 30.8 Å². The molecule has 0 aliphatic carbocycles. The Balaban J connectivity index is 1.91. The lowest BCUT2D eigenvalue weighted by atomic mass is 10.1. The fourth-order valence-corrected chi connectivity index (χ4v) is 3.04. The number of rotatable bonds is 6. The van der Waals surface area contributed by atoms with Gasteiger partial charge in [-0.1, -0.05) is 17.7 Å². The molecule has 2 rings (SSSR count). The van der Waals surface area contributed by atoms with E-state index < -0.39 is 5.60 Å². The van der Waals surface area contributed by atoms with Gasteiger partial charge in [-0.15, -0.1) is 11.8 Å².